The molecule has 0 saturated carbocycles. The van der Waals surface area contributed by atoms with Gasteiger partial charge in [-0.25, -0.2) is 12.8 Å². The van der Waals surface area contributed by atoms with Crippen LogP contribution in [-0.2, 0) is 16.4 Å². The van der Waals surface area contributed by atoms with Gasteiger partial charge in [-0.1, -0.05) is 12.1 Å². The zero-order chi connectivity index (χ0) is 17.3. The summed E-state index contributed by atoms with van der Waals surface area (Å²) < 4.78 is 37.7. The van der Waals surface area contributed by atoms with Crippen LogP contribution in [0.25, 0.3) is 0 Å². The van der Waals surface area contributed by atoms with E-state index in [0.717, 1.165) is 10.4 Å². The van der Waals surface area contributed by atoms with Crippen molar-refractivity contribution in [1.29, 1.82) is 0 Å². The second-order valence-electron chi connectivity index (χ2n) is 6.00. The van der Waals surface area contributed by atoms with E-state index in [-0.39, 0.29) is 17.1 Å². The lowest BCUT2D eigenvalue weighted by atomic mass is 10.1. The van der Waals surface area contributed by atoms with E-state index >= 15 is 0 Å². The molecule has 0 aliphatic carbocycles. The number of carbonyl (C=O) groups excluding carboxylic acids is 1. The summed E-state index contributed by atoms with van der Waals surface area (Å²) in [7, 11) is -3.14. The Bertz CT molecular complexity index is 860. The Labute approximate surface area is 144 Å². The Kier molecular flexibility index (Phi) is 4.73. The van der Waals surface area contributed by atoms with Gasteiger partial charge < -0.3 is 4.90 Å². The first kappa shape index (κ1) is 17.1. The quantitative estimate of drug-likeness (QED) is 0.835. The molecule has 1 aliphatic heterocycles. The Morgan fingerprint density at radius 1 is 1.33 bits per heavy atom. The summed E-state index contributed by atoms with van der Waals surface area (Å²) in [5, 5.41) is 1.93. The normalized spacial score (nSPS) is 19.3. The highest BCUT2D eigenvalue weighted by molar-refractivity contribution is 7.91. The van der Waals surface area contributed by atoms with E-state index in [1.165, 1.54) is 34.4 Å². The van der Waals surface area contributed by atoms with Crippen LogP contribution in [0.15, 0.2) is 35.7 Å². The minimum Gasteiger partial charge on any atom is -0.329 e. The van der Waals surface area contributed by atoms with Gasteiger partial charge in [0.2, 0.25) is 0 Å². The van der Waals surface area contributed by atoms with Gasteiger partial charge in [0.15, 0.2) is 9.84 Å². The number of rotatable bonds is 4. The number of aryl methyl sites for hydroxylation is 1. The third-order valence-electron chi connectivity index (χ3n) is 4.30. The summed E-state index contributed by atoms with van der Waals surface area (Å²) in [4.78, 5) is 15.4. The zero-order valence-corrected chi connectivity index (χ0v) is 14.9. The fourth-order valence-corrected chi connectivity index (χ4v) is 5.53. The van der Waals surface area contributed by atoms with Crippen molar-refractivity contribution in [2.45, 2.75) is 25.9 Å². The van der Waals surface area contributed by atoms with Crippen molar-refractivity contribution >= 4 is 27.1 Å². The third kappa shape index (κ3) is 3.52. The number of amides is 1. The monoisotopic (exact) mass is 367 g/mol. The first-order valence-electron chi connectivity index (χ1n) is 7.66. The van der Waals surface area contributed by atoms with Crippen LogP contribution in [0.1, 0.15) is 27.2 Å². The molecule has 1 fully saturated rings. The number of carbonyl (C=O) groups is 1. The third-order valence-corrected chi connectivity index (χ3v) is 7.05. The van der Waals surface area contributed by atoms with Crippen LogP contribution in [0.2, 0.25) is 0 Å². The van der Waals surface area contributed by atoms with Crippen LogP contribution in [0, 0.1) is 12.7 Å². The lowest BCUT2D eigenvalue weighted by Gasteiger charge is -2.28. The zero-order valence-electron chi connectivity index (χ0n) is 13.2. The van der Waals surface area contributed by atoms with Crippen molar-refractivity contribution in [3.05, 3.63) is 57.5 Å². The molecule has 7 heteroatoms. The van der Waals surface area contributed by atoms with Gasteiger partial charge in [0.05, 0.1) is 23.6 Å². The van der Waals surface area contributed by atoms with Crippen molar-refractivity contribution in [1.82, 2.24) is 4.90 Å². The molecule has 1 aliphatic rings. The Morgan fingerprint density at radius 3 is 2.67 bits per heavy atom. The maximum Gasteiger partial charge on any atom is 0.257 e. The van der Waals surface area contributed by atoms with Gasteiger partial charge >= 0.3 is 0 Å². The molecule has 24 heavy (non-hydrogen) atoms. The summed E-state index contributed by atoms with van der Waals surface area (Å²) in [6.45, 7) is 2.25. The second kappa shape index (κ2) is 6.64. The smallest absolute Gasteiger partial charge is 0.257 e. The van der Waals surface area contributed by atoms with Gasteiger partial charge in [-0.2, -0.15) is 0 Å². The SMILES string of the molecule is Cc1ccsc1CN(C(=O)c1ccccc1F)[C@H]1CCS(=O)(=O)C1. The number of hydrogen-bond acceptors (Lipinski definition) is 4. The molecule has 0 N–H and O–H groups in total. The highest BCUT2D eigenvalue weighted by Crippen LogP contribution is 2.26. The van der Waals surface area contributed by atoms with Gasteiger partial charge in [0.1, 0.15) is 5.82 Å². The molecule has 1 aromatic heterocycles. The number of nitrogens with zero attached hydrogens (tertiary/aromatic N) is 1. The largest absolute Gasteiger partial charge is 0.329 e. The van der Waals surface area contributed by atoms with Crippen LogP contribution in [-0.4, -0.2) is 36.8 Å². The molecule has 128 valence electrons. The maximum absolute atomic E-state index is 14.0. The van der Waals surface area contributed by atoms with E-state index < -0.39 is 27.6 Å². The van der Waals surface area contributed by atoms with E-state index in [2.05, 4.69) is 0 Å². The molecule has 1 amide bonds. The van der Waals surface area contributed by atoms with Crippen LogP contribution in [0.4, 0.5) is 4.39 Å². The topological polar surface area (TPSA) is 54.5 Å². The van der Waals surface area contributed by atoms with Crippen molar-refractivity contribution in [3.63, 3.8) is 0 Å². The fraction of sp³-hybridized carbons (Fsp3) is 0.353. The van der Waals surface area contributed by atoms with Gasteiger partial charge in [-0.3, -0.25) is 4.79 Å². The number of thiophene rings is 1. The number of benzene rings is 1. The van der Waals surface area contributed by atoms with Gasteiger partial charge in [0, 0.05) is 10.9 Å². The minimum atomic E-state index is -3.14. The lowest BCUT2D eigenvalue weighted by molar-refractivity contribution is 0.0678. The van der Waals surface area contributed by atoms with Crippen LogP contribution in [0.3, 0.4) is 0 Å². The molecule has 3 rings (SSSR count). The van der Waals surface area contributed by atoms with E-state index in [1.807, 2.05) is 18.4 Å². The molecular formula is C17H18FNO3S2. The average Bonchev–Trinajstić information content (AvgIpc) is 3.10. The highest BCUT2D eigenvalue weighted by atomic mass is 32.2. The molecule has 0 unspecified atom stereocenters. The summed E-state index contributed by atoms with van der Waals surface area (Å²) in [5.74, 6) is -1.03. The molecule has 1 aromatic carbocycles. The Morgan fingerprint density at radius 2 is 2.08 bits per heavy atom. The summed E-state index contributed by atoms with van der Waals surface area (Å²) >= 11 is 1.52. The van der Waals surface area contributed by atoms with Gasteiger partial charge in [-0.15, -0.1) is 11.3 Å². The van der Waals surface area contributed by atoms with E-state index in [9.17, 15) is 17.6 Å². The van der Waals surface area contributed by atoms with Crippen molar-refractivity contribution in [2.24, 2.45) is 0 Å². The first-order valence-corrected chi connectivity index (χ1v) is 10.4. The summed E-state index contributed by atoms with van der Waals surface area (Å²) in [6, 6.07) is 7.36. The Hall–Kier alpha value is -1.73. The first-order chi connectivity index (χ1) is 11.4. The number of halogens is 1. The predicted octanol–water partition coefficient (Wildman–Crippen LogP) is 3.03. The lowest BCUT2D eigenvalue weighted by Crippen LogP contribution is -2.41. The summed E-state index contributed by atoms with van der Waals surface area (Å²) in [5.41, 5.74) is 1.03. The molecular weight excluding hydrogens is 349 g/mol. The molecule has 2 heterocycles. The predicted molar refractivity (Wildman–Crippen MR) is 92.4 cm³/mol. The van der Waals surface area contributed by atoms with Crippen LogP contribution >= 0.6 is 11.3 Å². The molecule has 0 bridgehead atoms. The molecule has 2 aromatic rings. The Balaban J connectivity index is 1.94. The van der Waals surface area contributed by atoms with Gasteiger partial charge in [-0.05, 0) is 42.5 Å². The molecule has 0 spiro atoms. The molecule has 1 atom stereocenters. The fourth-order valence-electron chi connectivity index (χ4n) is 2.90. The van der Waals surface area contributed by atoms with E-state index in [0.29, 0.717) is 13.0 Å². The van der Waals surface area contributed by atoms with Crippen molar-refractivity contribution in [2.75, 3.05) is 11.5 Å². The molecule has 4 nitrogen and oxygen atoms in total. The van der Waals surface area contributed by atoms with Crippen molar-refractivity contribution < 1.29 is 17.6 Å². The minimum absolute atomic E-state index is 0.0176. The molecule has 0 radical (unpaired) electrons. The van der Waals surface area contributed by atoms with Crippen LogP contribution < -0.4 is 0 Å². The van der Waals surface area contributed by atoms with E-state index in [4.69, 9.17) is 0 Å². The van der Waals surface area contributed by atoms with Crippen LogP contribution in [0.5, 0.6) is 0 Å². The maximum atomic E-state index is 14.0. The number of sulfone groups is 1. The average molecular weight is 367 g/mol. The van der Waals surface area contributed by atoms with Crippen molar-refractivity contribution in [3.8, 4) is 0 Å². The summed E-state index contributed by atoms with van der Waals surface area (Å²) in [6.07, 6.45) is 0.396. The standard InChI is InChI=1S/C17H18FNO3S2/c1-12-6-8-23-16(12)10-19(13-7-9-24(21,22)11-13)17(20)14-4-2-3-5-15(14)18/h2-6,8,13H,7,9-11H2,1H3/t13-/m0/s1. The van der Waals surface area contributed by atoms with E-state index in [1.54, 1.807) is 6.07 Å². The molecule has 1 saturated heterocycles. The number of hydrogen-bond donors (Lipinski definition) is 0. The second-order valence-corrected chi connectivity index (χ2v) is 9.23. The van der Waals surface area contributed by atoms with Gasteiger partial charge in [0.25, 0.3) is 5.91 Å². The highest BCUT2D eigenvalue weighted by Gasteiger charge is 2.36.